The smallest absolute Gasteiger partial charge is 0.123 e. The van der Waals surface area contributed by atoms with Crippen LogP contribution in [0.15, 0.2) is 36.4 Å². The number of aliphatic hydroxyl groups excluding tert-OH is 1. The second-order valence-corrected chi connectivity index (χ2v) is 6.32. The average molecular weight is 309 g/mol. The topological polar surface area (TPSA) is 41.5 Å². The van der Waals surface area contributed by atoms with Gasteiger partial charge in [0.15, 0.2) is 0 Å². The summed E-state index contributed by atoms with van der Waals surface area (Å²) in [6, 6.07) is 10.1. The van der Waals surface area contributed by atoms with Crippen LogP contribution >= 0.6 is 11.3 Å². The van der Waals surface area contributed by atoms with Crippen LogP contribution in [0.25, 0.3) is 0 Å². The highest BCUT2D eigenvalue weighted by molar-refractivity contribution is 7.12. The van der Waals surface area contributed by atoms with E-state index in [2.05, 4.69) is 31.3 Å². The molecule has 2 atom stereocenters. The lowest BCUT2D eigenvalue weighted by molar-refractivity contribution is 0.104. The minimum absolute atomic E-state index is 0.175. The molecule has 0 aliphatic carbocycles. The van der Waals surface area contributed by atoms with Crippen molar-refractivity contribution in [2.75, 3.05) is 13.2 Å². The lowest BCUT2D eigenvalue weighted by Gasteiger charge is -2.16. The fourth-order valence-electron chi connectivity index (χ4n) is 1.88. The summed E-state index contributed by atoms with van der Waals surface area (Å²) in [5.74, 6) is 0.252. The summed E-state index contributed by atoms with van der Waals surface area (Å²) in [5, 5.41) is 13.2. The Morgan fingerprint density at radius 1 is 1.24 bits per heavy atom. The van der Waals surface area contributed by atoms with Gasteiger partial charge in [-0.2, -0.15) is 0 Å². The number of nitrogens with one attached hydrogen (secondary N) is 1. The number of aliphatic hydroxyl groups is 1. The van der Waals surface area contributed by atoms with Gasteiger partial charge in [0.25, 0.3) is 0 Å². The quantitative estimate of drug-likeness (QED) is 0.824. The van der Waals surface area contributed by atoms with Gasteiger partial charge in [0.2, 0.25) is 0 Å². The van der Waals surface area contributed by atoms with Gasteiger partial charge in [-0.05, 0) is 50.2 Å². The van der Waals surface area contributed by atoms with Crippen molar-refractivity contribution in [3.8, 4) is 5.75 Å². The number of hydrogen-bond acceptors (Lipinski definition) is 4. The fraction of sp³-hybridized carbons (Fsp3) is 0.375. The molecule has 2 unspecified atom stereocenters. The molecule has 3 nitrogen and oxygen atoms in total. The third-order valence-electron chi connectivity index (χ3n) is 3.10. The summed E-state index contributed by atoms with van der Waals surface area (Å²) >= 11 is 1.75. The van der Waals surface area contributed by atoms with E-state index >= 15 is 0 Å². The Labute approximate surface area is 128 Å². The molecule has 0 radical (unpaired) electrons. The molecular formula is C16H20FNO2S. The van der Waals surface area contributed by atoms with E-state index in [1.807, 2.05) is 0 Å². The highest BCUT2D eigenvalue weighted by Crippen LogP contribution is 2.22. The van der Waals surface area contributed by atoms with Gasteiger partial charge in [0, 0.05) is 22.3 Å². The van der Waals surface area contributed by atoms with Gasteiger partial charge < -0.3 is 15.2 Å². The predicted molar refractivity (Wildman–Crippen MR) is 83.4 cm³/mol. The van der Waals surface area contributed by atoms with Gasteiger partial charge >= 0.3 is 0 Å². The summed E-state index contributed by atoms with van der Waals surface area (Å²) in [5.41, 5.74) is 0. The van der Waals surface area contributed by atoms with E-state index in [1.54, 1.807) is 23.5 Å². The van der Waals surface area contributed by atoms with Gasteiger partial charge in [0.05, 0.1) is 0 Å². The van der Waals surface area contributed by atoms with Crippen molar-refractivity contribution in [2.24, 2.45) is 0 Å². The van der Waals surface area contributed by atoms with Crippen LogP contribution in [-0.4, -0.2) is 24.4 Å². The van der Waals surface area contributed by atoms with Crippen LogP contribution in [0.3, 0.4) is 0 Å². The summed E-state index contributed by atoms with van der Waals surface area (Å²) in [6.07, 6.45) is -0.612. The van der Waals surface area contributed by atoms with Crippen molar-refractivity contribution in [1.29, 1.82) is 0 Å². The molecule has 2 rings (SSSR count). The fourth-order valence-corrected chi connectivity index (χ4v) is 2.79. The maximum absolute atomic E-state index is 12.7. The molecule has 1 aromatic carbocycles. The van der Waals surface area contributed by atoms with Gasteiger partial charge in [-0.1, -0.05) is 0 Å². The summed E-state index contributed by atoms with van der Waals surface area (Å²) in [4.78, 5) is 2.53. The van der Waals surface area contributed by atoms with E-state index < -0.39 is 6.10 Å². The Bertz CT molecular complexity index is 556. The van der Waals surface area contributed by atoms with Crippen LogP contribution in [0.1, 0.15) is 22.7 Å². The van der Waals surface area contributed by atoms with Crippen molar-refractivity contribution < 1.29 is 14.2 Å². The maximum Gasteiger partial charge on any atom is 0.123 e. The highest BCUT2D eigenvalue weighted by Gasteiger charge is 2.11. The summed E-state index contributed by atoms with van der Waals surface area (Å²) in [6.45, 7) is 4.76. The largest absolute Gasteiger partial charge is 0.491 e. The van der Waals surface area contributed by atoms with Crippen LogP contribution in [0.5, 0.6) is 5.75 Å². The van der Waals surface area contributed by atoms with E-state index in [0.717, 1.165) is 0 Å². The highest BCUT2D eigenvalue weighted by atomic mass is 32.1. The summed E-state index contributed by atoms with van der Waals surface area (Å²) in [7, 11) is 0. The molecule has 5 heteroatoms. The minimum atomic E-state index is -0.612. The number of ether oxygens (including phenoxy) is 1. The second-order valence-electron chi connectivity index (χ2n) is 5.00. The first-order valence-corrected chi connectivity index (χ1v) is 7.72. The monoisotopic (exact) mass is 309 g/mol. The van der Waals surface area contributed by atoms with E-state index in [9.17, 15) is 9.50 Å². The number of benzene rings is 1. The molecule has 0 spiro atoms. The Morgan fingerprint density at radius 3 is 2.57 bits per heavy atom. The zero-order valence-corrected chi connectivity index (χ0v) is 13.0. The van der Waals surface area contributed by atoms with E-state index in [1.165, 1.54) is 21.9 Å². The molecule has 0 saturated carbocycles. The third kappa shape index (κ3) is 5.12. The zero-order valence-electron chi connectivity index (χ0n) is 12.2. The molecule has 0 bridgehead atoms. The molecule has 0 aliphatic rings. The van der Waals surface area contributed by atoms with Crippen LogP contribution in [-0.2, 0) is 0 Å². The lowest BCUT2D eigenvalue weighted by atomic mass is 10.2. The molecule has 114 valence electrons. The number of hydrogen-bond donors (Lipinski definition) is 2. The number of halogens is 1. The Kier molecular flexibility index (Phi) is 5.73. The van der Waals surface area contributed by atoms with Gasteiger partial charge in [-0.3, -0.25) is 0 Å². The minimum Gasteiger partial charge on any atom is -0.491 e. The van der Waals surface area contributed by atoms with Crippen molar-refractivity contribution >= 4 is 11.3 Å². The normalized spacial score (nSPS) is 13.9. The SMILES string of the molecule is Cc1ccc(C(C)NCC(O)COc2ccc(F)cc2)s1. The molecule has 21 heavy (non-hydrogen) atoms. The average Bonchev–Trinajstić information content (AvgIpc) is 2.91. The Balaban J connectivity index is 1.72. The first-order valence-electron chi connectivity index (χ1n) is 6.91. The predicted octanol–water partition coefficient (Wildman–Crippen LogP) is 3.29. The number of thiophene rings is 1. The van der Waals surface area contributed by atoms with E-state index in [-0.39, 0.29) is 18.5 Å². The van der Waals surface area contributed by atoms with E-state index in [0.29, 0.717) is 12.3 Å². The molecule has 0 amide bonds. The van der Waals surface area contributed by atoms with Crippen molar-refractivity contribution in [1.82, 2.24) is 5.32 Å². The van der Waals surface area contributed by atoms with Gasteiger partial charge in [-0.25, -0.2) is 4.39 Å². The second kappa shape index (κ2) is 7.54. The third-order valence-corrected chi connectivity index (χ3v) is 4.29. The van der Waals surface area contributed by atoms with Crippen molar-refractivity contribution in [2.45, 2.75) is 26.0 Å². The first kappa shape index (κ1) is 15.9. The van der Waals surface area contributed by atoms with Crippen molar-refractivity contribution in [3.05, 3.63) is 52.0 Å². The zero-order chi connectivity index (χ0) is 15.2. The van der Waals surface area contributed by atoms with E-state index in [4.69, 9.17) is 4.74 Å². The molecule has 2 aromatic rings. The number of aryl methyl sites for hydroxylation is 1. The van der Waals surface area contributed by atoms with Crippen LogP contribution in [0.4, 0.5) is 4.39 Å². The molecule has 1 heterocycles. The molecule has 2 N–H and O–H groups in total. The van der Waals surface area contributed by atoms with Crippen LogP contribution < -0.4 is 10.1 Å². The molecule has 0 saturated heterocycles. The van der Waals surface area contributed by atoms with Gasteiger partial charge in [-0.15, -0.1) is 11.3 Å². The lowest BCUT2D eigenvalue weighted by Crippen LogP contribution is -2.32. The molecular weight excluding hydrogens is 289 g/mol. The standard InChI is InChI=1S/C16H20FNO2S/c1-11-3-8-16(21-11)12(2)18-9-14(19)10-20-15-6-4-13(17)5-7-15/h3-8,12,14,18-19H,9-10H2,1-2H3. The van der Waals surface area contributed by atoms with Crippen LogP contribution in [0, 0.1) is 12.7 Å². The van der Waals surface area contributed by atoms with Gasteiger partial charge in [0.1, 0.15) is 24.3 Å². The summed E-state index contributed by atoms with van der Waals surface area (Å²) < 4.78 is 18.2. The van der Waals surface area contributed by atoms with Crippen molar-refractivity contribution in [3.63, 3.8) is 0 Å². The number of rotatable bonds is 7. The first-order chi connectivity index (χ1) is 10.0. The molecule has 0 aliphatic heterocycles. The molecule has 0 fully saturated rings. The maximum atomic E-state index is 12.7. The van der Waals surface area contributed by atoms with Crippen LogP contribution in [0.2, 0.25) is 0 Å². The Hall–Kier alpha value is -1.43. The molecule has 1 aromatic heterocycles. The Morgan fingerprint density at radius 2 is 1.95 bits per heavy atom.